The highest BCUT2D eigenvalue weighted by Crippen LogP contribution is 2.30. The first-order valence-electron chi connectivity index (χ1n) is 10.6. The summed E-state index contributed by atoms with van der Waals surface area (Å²) < 4.78 is 47.3. The standard InChI is InChI=1S/C21H33F2N3O3S/c1-4-24-21(26-16-8-7-9-17(13-16)30(27)6-3)25-14-15-10-11-18(29-20(22)23)19(12-15)28-5-2/h10-12,16-17,20H,4-9,13-14H2,1-3H3,(H2,24,25,26). The van der Waals surface area contributed by atoms with Gasteiger partial charge in [0.1, 0.15) is 0 Å². The van der Waals surface area contributed by atoms with Gasteiger partial charge in [-0.2, -0.15) is 8.78 Å². The summed E-state index contributed by atoms with van der Waals surface area (Å²) in [6, 6.07) is 5.09. The third kappa shape index (κ3) is 7.74. The van der Waals surface area contributed by atoms with Gasteiger partial charge in [-0.1, -0.05) is 19.4 Å². The Kier molecular flexibility index (Phi) is 10.3. The van der Waals surface area contributed by atoms with E-state index in [1.54, 1.807) is 19.1 Å². The van der Waals surface area contributed by atoms with Crippen LogP contribution in [0.5, 0.6) is 11.5 Å². The summed E-state index contributed by atoms with van der Waals surface area (Å²) in [7, 11) is -0.777. The Morgan fingerprint density at radius 3 is 2.73 bits per heavy atom. The van der Waals surface area contributed by atoms with Gasteiger partial charge in [-0.25, -0.2) is 4.99 Å². The lowest BCUT2D eigenvalue weighted by Crippen LogP contribution is -2.46. The zero-order chi connectivity index (χ0) is 21.9. The Morgan fingerprint density at radius 2 is 2.07 bits per heavy atom. The van der Waals surface area contributed by atoms with Crippen molar-refractivity contribution in [2.45, 2.75) is 70.9 Å². The quantitative estimate of drug-likeness (QED) is 0.423. The van der Waals surface area contributed by atoms with E-state index in [1.165, 1.54) is 6.07 Å². The Morgan fingerprint density at radius 1 is 1.27 bits per heavy atom. The molecule has 9 heteroatoms. The van der Waals surface area contributed by atoms with Gasteiger partial charge < -0.3 is 20.1 Å². The number of halogens is 2. The van der Waals surface area contributed by atoms with Crippen molar-refractivity contribution < 1.29 is 22.5 Å². The van der Waals surface area contributed by atoms with Crippen molar-refractivity contribution in [3.05, 3.63) is 23.8 Å². The molecule has 2 N–H and O–H groups in total. The van der Waals surface area contributed by atoms with Crippen LogP contribution in [0, 0.1) is 0 Å². The van der Waals surface area contributed by atoms with Gasteiger partial charge in [0.2, 0.25) is 0 Å². The first kappa shape index (κ1) is 24.4. The number of rotatable bonds is 10. The summed E-state index contributed by atoms with van der Waals surface area (Å²) in [6.07, 6.45) is 3.96. The van der Waals surface area contributed by atoms with Crippen molar-refractivity contribution in [3.63, 3.8) is 0 Å². The number of nitrogens with zero attached hydrogens (tertiary/aromatic N) is 1. The number of alkyl halides is 2. The first-order chi connectivity index (χ1) is 14.5. The maximum Gasteiger partial charge on any atom is 0.387 e. The second kappa shape index (κ2) is 12.7. The Labute approximate surface area is 180 Å². The molecule has 3 unspecified atom stereocenters. The van der Waals surface area contributed by atoms with E-state index in [2.05, 4.69) is 20.4 Å². The Hall–Kier alpha value is -1.90. The lowest BCUT2D eigenvalue weighted by atomic mass is 9.95. The van der Waals surface area contributed by atoms with E-state index in [1.807, 2.05) is 13.8 Å². The van der Waals surface area contributed by atoms with Crippen molar-refractivity contribution in [3.8, 4) is 11.5 Å². The molecule has 1 aliphatic carbocycles. The minimum absolute atomic E-state index is 0.0155. The number of hydrogen-bond acceptors (Lipinski definition) is 4. The predicted molar refractivity (Wildman–Crippen MR) is 117 cm³/mol. The highest BCUT2D eigenvalue weighted by Gasteiger charge is 2.26. The monoisotopic (exact) mass is 445 g/mol. The Bertz CT molecular complexity index is 719. The molecular formula is C21H33F2N3O3S. The van der Waals surface area contributed by atoms with Gasteiger partial charge >= 0.3 is 6.61 Å². The second-order valence-electron chi connectivity index (χ2n) is 7.09. The van der Waals surface area contributed by atoms with E-state index in [0.29, 0.717) is 31.4 Å². The van der Waals surface area contributed by atoms with Crippen LogP contribution in [0.3, 0.4) is 0 Å². The van der Waals surface area contributed by atoms with Crippen LogP contribution >= 0.6 is 0 Å². The molecule has 1 saturated carbocycles. The van der Waals surface area contributed by atoms with Crippen molar-refractivity contribution in [1.29, 1.82) is 0 Å². The minimum Gasteiger partial charge on any atom is -0.490 e. The Balaban J connectivity index is 2.06. The minimum atomic E-state index is -2.90. The molecule has 170 valence electrons. The van der Waals surface area contributed by atoms with Gasteiger partial charge in [0, 0.05) is 34.4 Å². The van der Waals surface area contributed by atoms with E-state index in [9.17, 15) is 13.0 Å². The van der Waals surface area contributed by atoms with Crippen molar-refractivity contribution in [2.75, 3.05) is 18.9 Å². The molecule has 1 aromatic rings. The molecule has 0 aliphatic heterocycles. The largest absolute Gasteiger partial charge is 0.490 e. The third-order valence-electron chi connectivity index (χ3n) is 4.91. The predicted octanol–water partition coefficient (Wildman–Crippen LogP) is 3.82. The van der Waals surface area contributed by atoms with Gasteiger partial charge in [-0.15, -0.1) is 0 Å². The fourth-order valence-corrected chi connectivity index (χ4v) is 4.89. The molecule has 0 spiro atoms. The van der Waals surface area contributed by atoms with Gasteiger partial charge in [0.15, 0.2) is 17.5 Å². The van der Waals surface area contributed by atoms with E-state index in [-0.39, 0.29) is 22.8 Å². The number of aliphatic imine (C=N–C) groups is 1. The maximum absolute atomic E-state index is 12.6. The molecule has 2 rings (SSSR count). The van der Waals surface area contributed by atoms with Crippen LogP contribution in [0.2, 0.25) is 0 Å². The number of nitrogens with one attached hydrogen (secondary N) is 2. The molecule has 0 aromatic heterocycles. The topological polar surface area (TPSA) is 72.0 Å². The van der Waals surface area contributed by atoms with Gasteiger partial charge in [0.25, 0.3) is 0 Å². The molecular weight excluding hydrogens is 412 g/mol. The summed E-state index contributed by atoms with van der Waals surface area (Å²) in [4.78, 5) is 4.63. The number of benzene rings is 1. The van der Waals surface area contributed by atoms with E-state index in [4.69, 9.17) is 4.74 Å². The van der Waals surface area contributed by atoms with Gasteiger partial charge in [0.05, 0.1) is 13.2 Å². The third-order valence-corrected chi connectivity index (χ3v) is 6.65. The molecule has 0 heterocycles. The molecule has 0 amide bonds. The van der Waals surface area contributed by atoms with E-state index in [0.717, 1.165) is 31.2 Å². The maximum atomic E-state index is 12.6. The number of hydrogen-bond donors (Lipinski definition) is 2. The highest BCUT2D eigenvalue weighted by molar-refractivity contribution is 7.85. The van der Waals surface area contributed by atoms with E-state index >= 15 is 0 Å². The second-order valence-corrected chi connectivity index (χ2v) is 9.09. The fraction of sp³-hybridized carbons (Fsp3) is 0.667. The summed E-state index contributed by atoms with van der Waals surface area (Å²) in [5.41, 5.74) is 0.825. The highest BCUT2D eigenvalue weighted by atomic mass is 32.2. The lowest BCUT2D eigenvalue weighted by molar-refractivity contribution is -0.0514. The molecule has 1 aliphatic rings. The SMILES string of the molecule is CCNC(=NCc1ccc(OC(F)F)c(OCC)c1)NC1CCCC(S(=O)CC)C1. The van der Waals surface area contributed by atoms with Crippen molar-refractivity contribution >= 4 is 16.8 Å². The molecule has 1 aromatic carbocycles. The summed E-state index contributed by atoms with van der Waals surface area (Å²) >= 11 is 0. The van der Waals surface area contributed by atoms with Crippen LogP contribution in [0.1, 0.15) is 52.0 Å². The number of guanidine groups is 1. The first-order valence-corrected chi connectivity index (χ1v) is 12.0. The molecule has 30 heavy (non-hydrogen) atoms. The summed E-state index contributed by atoms with van der Waals surface area (Å²) in [5, 5.41) is 6.94. The van der Waals surface area contributed by atoms with Crippen LogP contribution in [0.25, 0.3) is 0 Å². The van der Waals surface area contributed by atoms with Crippen LogP contribution in [0.15, 0.2) is 23.2 Å². The molecule has 0 radical (unpaired) electrons. The van der Waals surface area contributed by atoms with Crippen molar-refractivity contribution in [1.82, 2.24) is 10.6 Å². The molecule has 3 atom stereocenters. The molecule has 6 nitrogen and oxygen atoms in total. The number of ether oxygens (including phenoxy) is 2. The van der Waals surface area contributed by atoms with Crippen LogP contribution in [0.4, 0.5) is 8.78 Å². The normalized spacial score (nSPS) is 20.7. The molecule has 0 bridgehead atoms. The summed E-state index contributed by atoms with van der Waals surface area (Å²) in [5.74, 6) is 1.68. The van der Waals surface area contributed by atoms with Crippen LogP contribution in [-0.4, -0.2) is 47.0 Å². The zero-order valence-corrected chi connectivity index (χ0v) is 18.8. The average Bonchev–Trinajstić information content (AvgIpc) is 2.73. The smallest absolute Gasteiger partial charge is 0.387 e. The average molecular weight is 446 g/mol. The molecule has 0 saturated heterocycles. The van der Waals surface area contributed by atoms with Crippen molar-refractivity contribution in [2.24, 2.45) is 4.99 Å². The van der Waals surface area contributed by atoms with Crippen LogP contribution in [-0.2, 0) is 17.3 Å². The van der Waals surface area contributed by atoms with E-state index < -0.39 is 17.4 Å². The van der Waals surface area contributed by atoms with Gasteiger partial charge in [-0.05, 0) is 50.8 Å². The summed E-state index contributed by atoms with van der Waals surface area (Å²) in [6.45, 7) is 4.27. The molecule has 1 fully saturated rings. The fourth-order valence-electron chi connectivity index (χ4n) is 3.55. The lowest BCUT2D eigenvalue weighted by Gasteiger charge is -2.30. The zero-order valence-electron chi connectivity index (χ0n) is 18.0. The van der Waals surface area contributed by atoms with Crippen LogP contribution < -0.4 is 20.1 Å². The van der Waals surface area contributed by atoms with Gasteiger partial charge in [-0.3, -0.25) is 4.21 Å².